The molecule has 3 rings (SSSR count). The van der Waals surface area contributed by atoms with Crippen molar-refractivity contribution >= 4 is 28.1 Å². The molecule has 1 heterocycles. The van der Waals surface area contributed by atoms with Gasteiger partial charge in [0.15, 0.2) is 0 Å². The van der Waals surface area contributed by atoms with Gasteiger partial charge in [-0.1, -0.05) is 28.9 Å². The Kier molecular flexibility index (Phi) is 7.11. The Bertz CT molecular complexity index is 1070. The summed E-state index contributed by atoms with van der Waals surface area (Å²) in [7, 11) is 0. The third kappa shape index (κ3) is 5.00. The van der Waals surface area contributed by atoms with Gasteiger partial charge in [-0.15, -0.1) is 0 Å². The van der Waals surface area contributed by atoms with Crippen molar-refractivity contribution in [3.8, 4) is 11.4 Å². The van der Waals surface area contributed by atoms with Crippen LogP contribution in [0, 0.1) is 20.8 Å². The lowest BCUT2D eigenvalue weighted by Gasteiger charge is -2.11. The molecule has 5 nitrogen and oxygen atoms in total. The van der Waals surface area contributed by atoms with E-state index in [2.05, 4.69) is 76.1 Å². The quantitative estimate of drug-likeness (QED) is 0.356. The van der Waals surface area contributed by atoms with E-state index in [1.807, 2.05) is 6.92 Å². The number of carbonyl (C=O) groups excluding carboxylic acids is 1. The molecule has 156 valence electrons. The van der Waals surface area contributed by atoms with Crippen LogP contribution in [0.15, 0.2) is 58.1 Å². The van der Waals surface area contributed by atoms with Crippen LogP contribution in [0.4, 0.5) is 0 Å². The Morgan fingerprint density at radius 3 is 2.53 bits per heavy atom. The van der Waals surface area contributed by atoms with Gasteiger partial charge in [0.1, 0.15) is 5.75 Å². The van der Waals surface area contributed by atoms with Crippen molar-refractivity contribution in [2.45, 2.75) is 34.1 Å². The van der Waals surface area contributed by atoms with Crippen LogP contribution in [0.2, 0.25) is 0 Å². The van der Waals surface area contributed by atoms with E-state index in [9.17, 15) is 4.79 Å². The highest BCUT2D eigenvalue weighted by Crippen LogP contribution is 2.24. The Morgan fingerprint density at radius 2 is 1.87 bits per heavy atom. The number of hydrogen-bond acceptors (Lipinski definition) is 3. The zero-order valence-electron chi connectivity index (χ0n) is 17.7. The van der Waals surface area contributed by atoms with Gasteiger partial charge >= 0.3 is 0 Å². The summed E-state index contributed by atoms with van der Waals surface area (Å²) < 4.78 is 8.78. The monoisotopic (exact) mass is 467 g/mol. The van der Waals surface area contributed by atoms with Crippen LogP contribution in [-0.2, 0) is 0 Å². The van der Waals surface area contributed by atoms with Crippen molar-refractivity contribution in [3.05, 3.63) is 81.1 Å². The first-order valence-electron chi connectivity index (χ1n) is 9.92. The van der Waals surface area contributed by atoms with Crippen LogP contribution < -0.4 is 10.2 Å². The van der Waals surface area contributed by atoms with Gasteiger partial charge in [-0.25, -0.2) is 5.43 Å². The molecule has 0 atom stereocenters. The largest absolute Gasteiger partial charge is 0.494 e. The standard InChI is InChI=1S/C24H26BrN3O2/c1-5-12-30-22-10-7-19(8-11-22)24(29)27-26-15-20-13-17(3)28(18(20)4)21-9-6-16(2)23(25)14-21/h6-11,13-15H,5,12H2,1-4H3,(H,27,29)/b26-15-. The highest BCUT2D eigenvalue weighted by molar-refractivity contribution is 9.10. The molecule has 0 aliphatic rings. The Balaban J connectivity index is 1.70. The molecule has 2 aromatic carbocycles. The van der Waals surface area contributed by atoms with Gasteiger partial charge in [0.2, 0.25) is 0 Å². The number of benzene rings is 2. The summed E-state index contributed by atoms with van der Waals surface area (Å²) in [6.07, 6.45) is 2.62. The van der Waals surface area contributed by atoms with E-state index in [0.29, 0.717) is 12.2 Å². The second-order valence-electron chi connectivity index (χ2n) is 7.17. The van der Waals surface area contributed by atoms with Crippen molar-refractivity contribution in [3.63, 3.8) is 0 Å². The van der Waals surface area contributed by atoms with Crippen LogP contribution in [0.5, 0.6) is 5.75 Å². The van der Waals surface area contributed by atoms with Gasteiger partial charge in [0.05, 0.1) is 12.8 Å². The minimum Gasteiger partial charge on any atom is -0.494 e. The first-order valence-corrected chi connectivity index (χ1v) is 10.7. The fourth-order valence-electron chi connectivity index (χ4n) is 3.18. The van der Waals surface area contributed by atoms with E-state index in [4.69, 9.17) is 4.74 Å². The molecule has 0 bridgehead atoms. The first-order chi connectivity index (χ1) is 14.4. The number of hydrogen-bond donors (Lipinski definition) is 1. The number of ether oxygens (including phenoxy) is 1. The molecule has 0 spiro atoms. The lowest BCUT2D eigenvalue weighted by atomic mass is 10.2. The molecule has 6 heteroatoms. The second kappa shape index (κ2) is 9.76. The average Bonchev–Trinajstić information content (AvgIpc) is 3.02. The molecular formula is C24H26BrN3O2. The predicted octanol–water partition coefficient (Wildman–Crippen LogP) is 5.72. The van der Waals surface area contributed by atoms with E-state index < -0.39 is 0 Å². The topological polar surface area (TPSA) is 55.6 Å². The minimum absolute atomic E-state index is 0.260. The number of nitrogens with one attached hydrogen (secondary N) is 1. The van der Waals surface area contributed by atoms with E-state index in [-0.39, 0.29) is 5.91 Å². The molecule has 0 radical (unpaired) electrons. The molecule has 0 fully saturated rings. The van der Waals surface area contributed by atoms with Gasteiger partial charge < -0.3 is 9.30 Å². The van der Waals surface area contributed by atoms with Crippen LogP contribution in [0.3, 0.4) is 0 Å². The number of rotatable bonds is 7. The third-order valence-corrected chi connectivity index (χ3v) is 5.70. The summed E-state index contributed by atoms with van der Waals surface area (Å²) in [5.41, 5.74) is 8.50. The number of aromatic nitrogens is 1. The van der Waals surface area contributed by atoms with Crippen molar-refractivity contribution in [1.82, 2.24) is 9.99 Å². The number of halogens is 1. The zero-order chi connectivity index (χ0) is 21.7. The van der Waals surface area contributed by atoms with Gasteiger partial charge in [-0.05, 0) is 75.2 Å². The average molecular weight is 468 g/mol. The summed E-state index contributed by atoms with van der Waals surface area (Å²) in [6.45, 7) is 8.87. The lowest BCUT2D eigenvalue weighted by molar-refractivity contribution is 0.0955. The van der Waals surface area contributed by atoms with E-state index in [1.54, 1.807) is 30.5 Å². The van der Waals surface area contributed by atoms with Crippen molar-refractivity contribution in [2.24, 2.45) is 5.10 Å². The van der Waals surface area contributed by atoms with E-state index >= 15 is 0 Å². The van der Waals surface area contributed by atoms with Gasteiger partial charge in [0.25, 0.3) is 5.91 Å². The van der Waals surface area contributed by atoms with Gasteiger partial charge in [-0.2, -0.15) is 5.10 Å². The minimum atomic E-state index is -0.260. The number of nitrogens with zero attached hydrogens (tertiary/aromatic N) is 2. The third-order valence-electron chi connectivity index (χ3n) is 4.84. The molecule has 0 saturated heterocycles. The molecule has 1 N–H and O–H groups in total. The van der Waals surface area contributed by atoms with Crippen LogP contribution in [0.1, 0.15) is 46.2 Å². The van der Waals surface area contributed by atoms with Gasteiger partial charge in [-0.3, -0.25) is 4.79 Å². The van der Waals surface area contributed by atoms with Crippen molar-refractivity contribution in [1.29, 1.82) is 0 Å². The molecule has 1 aromatic heterocycles. The smallest absolute Gasteiger partial charge is 0.271 e. The van der Waals surface area contributed by atoms with Crippen LogP contribution in [0.25, 0.3) is 5.69 Å². The van der Waals surface area contributed by atoms with E-state index in [0.717, 1.165) is 39.3 Å². The van der Waals surface area contributed by atoms with Gasteiger partial charge in [0, 0.05) is 32.7 Å². The van der Waals surface area contributed by atoms with Crippen molar-refractivity contribution < 1.29 is 9.53 Å². The highest BCUT2D eigenvalue weighted by atomic mass is 79.9. The second-order valence-corrected chi connectivity index (χ2v) is 8.02. The number of aryl methyl sites for hydroxylation is 2. The number of amides is 1. The summed E-state index contributed by atoms with van der Waals surface area (Å²) in [6, 6.07) is 15.4. The maximum absolute atomic E-state index is 12.3. The molecular weight excluding hydrogens is 442 g/mol. The summed E-state index contributed by atoms with van der Waals surface area (Å²) in [4.78, 5) is 12.3. The number of carbonyl (C=O) groups is 1. The Morgan fingerprint density at radius 1 is 1.13 bits per heavy atom. The molecule has 0 aliphatic carbocycles. The molecule has 0 saturated carbocycles. The Labute approximate surface area is 185 Å². The SMILES string of the molecule is CCCOc1ccc(C(=O)N/N=C\c2cc(C)n(-c3ccc(C)c(Br)c3)c2C)cc1. The lowest BCUT2D eigenvalue weighted by Crippen LogP contribution is -2.17. The maximum atomic E-state index is 12.3. The normalized spacial score (nSPS) is 11.1. The zero-order valence-corrected chi connectivity index (χ0v) is 19.3. The predicted molar refractivity (Wildman–Crippen MR) is 125 cm³/mol. The molecule has 3 aromatic rings. The fourth-order valence-corrected chi connectivity index (χ4v) is 3.55. The first kappa shape index (κ1) is 21.8. The fraction of sp³-hybridized carbons (Fsp3) is 0.250. The van der Waals surface area contributed by atoms with Crippen LogP contribution >= 0.6 is 15.9 Å². The van der Waals surface area contributed by atoms with Crippen molar-refractivity contribution in [2.75, 3.05) is 6.61 Å². The Hall–Kier alpha value is -2.86. The molecule has 0 aliphatic heterocycles. The molecule has 30 heavy (non-hydrogen) atoms. The summed E-state index contributed by atoms with van der Waals surface area (Å²) in [5.74, 6) is 0.497. The molecule has 1 amide bonds. The van der Waals surface area contributed by atoms with E-state index in [1.165, 1.54) is 5.56 Å². The number of hydrazone groups is 1. The summed E-state index contributed by atoms with van der Waals surface area (Å²) >= 11 is 3.60. The highest BCUT2D eigenvalue weighted by Gasteiger charge is 2.11. The molecule has 0 unspecified atom stereocenters. The van der Waals surface area contributed by atoms with Crippen LogP contribution in [-0.4, -0.2) is 23.3 Å². The summed E-state index contributed by atoms with van der Waals surface area (Å²) in [5, 5.41) is 4.15. The maximum Gasteiger partial charge on any atom is 0.271 e.